The maximum absolute atomic E-state index is 5.75. The Bertz CT molecular complexity index is 308. The smallest absolute Gasteiger partial charge is 0.225 e. The Kier molecular flexibility index (Phi) is 3.36. The molecular formula is C8H9Cl2N3S. The van der Waals surface area contributed by atoms with Crippen LogP contribution in [0.25, 0.3) is 0 Å². The average molecular weight is 250 g/mol. The number of rotatable bonds is 2. The lowest BCUT2D eigenvalue weighted by molar-refractivity contribution is 0.805. The van der Waals surface area contributed by atoms with Crippen LogP contribution in [-0.4, -0.2) is 27.5 Å². The summed E-state index contributed by atoms with van der Waals surface area (Å²) in [5.74, 6) is 3.02. The van der Waals surface area contributed by atoms with E-state index in [4.69, 9.17) is 23.2 Å². The molecule has 1 fully saturated rings. The minimum Gasteiger partial charge on any atom is -0.366 e. The lowest BCUT2D eigenvalue weighted by Crippen LogP contribution is -2.18. The Morgan fingerprint density at radius 3 is 2.93 bits per heavy atom. The van der Waals surface area contributed by atoms with Gasteiger partial charge in [-0.2, -0.15) is 11.8 Å². The molecule has 0 amide bonds. The predicted octanol–water partition coefficient (Wildman–Crippen LogP) is 2.70. The number of anilines is 1. The Morgan fingerprint density at radius 2 is 2.29 bits per heavy atom. The van der Waals surface area contributed by atoms with E-state index in [-0.39, 0.29) is 5.28 Å². The molecule has 1 aliphatic rings. The van der Waals surface area contributed by atoms with E-state index in [0.29, 0.717) is 17.0 Å². The highest BCUT2D eigenvalue weighted by Crippen LogP contribution is 2.22. The topological polar surface area (TPSA) is 37.8 Å². The van der Waals surface area contributed by atoms with Crippen molar-refractivity contribution in [2.24, 2.45) is 0 Å². The van der Waals surface area contributed by atoms with Gasteiger partial charge in [-0.25, -0.2) is 9.97 Å². The Morgan fingerprint density at radius 1 is 1.43 bits per heavy atom. The van der Waals surface area contributed by atoms with Gasteiger partial charge in [0.1, 0.15) is 11.0 Å². The molecule has 1 aliphatic heterocycles. The number of hydrogen-bond donors (Lipinski definition) is 1. The first-order chi connectivity index (χ1) is 6.74. The molecule has 76 valence electrons. The fraction of sp³-hybridized carbons (Fsp3) is 0.500. The standard InChI is InChI=1S/C8H9Cl2N3S/c9-6-3-7(13-8(10)12-6)11-5-1-2-14-4-5/h3,5H,1-2,4H2,(H,11,12,13). The van der Waals surface area contributed by atoms with Gasteiger partial charge >= 0.3 is 0 Å². The van der Waals surface area contributed by atoms with Crippen LogP contribution in [0.4, 0.5) is 5.82 Å². The number of aromatic nitrogens is 2. The van der Waals surface area contributed by atoms with Gasteiger partial charge in [0.25, 0.3) is 0 Å². The zero-order chi connectivity index (χ0) is 9.97. The van der Waals surface area contributed by atoms with Crippen molar-refractivity contribution >= 4 is 40.8 Å². The summed E-state index contributed by atoms with van der Waals surface area (Å²) >= 11 is 13.4. The van der Waals surface area contributed by atoms with Crippen LogP contribution in [0.2, 0.25) is 10.4 Å². The molecule has 0 aromatic carbocycles. The lowest BCUT2D eigenvalue weighted by atomic mass is 10.2. The first-order valence-electron chi connectivity index (χ1n) is 4.28. The van der Waals surface area contributed by atoms with E-state index in [1.807, 2.05) is 11.8 Å². The van der Waals surface area contributed by atoms with E-state index >= 15 is 0 Å². The molecule has 3 nitrogen and oxygen atoms in total. The fourth-order valence-electron chi connectivity index (χ4n) is 1.32. The van der Waals surface area contributed by atoms with Gasteiger partial charge in [0.05, 0.1) is 0 Å². The first kappa shape index (κ1) is 10.3. The van der Waals surface area contributed by atoms with Crippen molar-refractivity contribution in [2.45, 2.75) is 12.5 Å². The van der Waals surface area contributed by atoms with Crippen LogP contribution in [-0.2, 0) is 0 Å². The Labute approximate surface area is 96.6 Å². The molecule has 0 saturated carbocycles. The molecule has 0 bridgehead atoms. The Hall–Kier alpha value is -0.190. The molecule has 6 heteroatoms. The molecule has 1 unspecified atom stereocenters. The summed E-state index contributed by atoms with van der Waals surface area (Å²) in [6, 6.07) is 2.16. The van der Waals surface area contributed by atoms with Crippen LogP contribution < -0.4 is 5.32 Å². The van der Waals surface area contributed by atoms with Crippen molar-refractivity contribution in [3.63, 3.8) is 0 Å². The second-order valence-corrected chi connectivity index (χ2v) is 4.92. The molecule has 1 aromatic rings. The van der Waals surface area contributed by atoms with Crippen LogP contribution in [0.3, 0.4) is 0 Å². The van der Waals surface area contributed by atoms with E-state index in [1.54, 1.807) is 6.07 Å². The van der Waals surface area contributed by atoms with Crippen molar-refractivity contribution in [1.29, 1.82) is 0 Å². The highest BCUT2D eigenvalue weighted by atomic mass is 35.5. The molecule has 1 saturated heterocycles. The molecule has 0 aliphatic carbocycles. The highest BCUT2D eigenvalue weighted by Gasteiger charge is 2.15. The zero-order valence-corrected chi connectivity index (χ0v) is 9.66. The summed E-state index contributed by atoms with van der Waals surface area (Å²) in [6.45, 7) is 0. The maximum Gasteiger partial charge on any atom is 0.225 e. The van der Waals surface area contributed by atoms with Gasteiger partial charge in [0, 0.05) is 17.9 Å². The second kappa shape index (κ2) is 4.55. The molecule has 0 spiro atoms. The summed E-state index contributed by atoms with van der Waals surface area (Å²) in [7, 11) is 0. The molecular weight excluding hydrogens is 241 g/mol. The lowest BCUT2D eigenvalue weighted by Gasteiger charge is -2.11. The second-order valence-electron chi connectivity index (χ2n) is 3.05. The third-order valence-electron chi connectivity index (χ3n) is 1.95. The third-order valence-corrected chi connectivity index (χ3v) is 3.47. The van der Waals surface area contributed by atoms with E-state index in [9.17, 15) is 0 Å². The average Bonchev–Trinajstić information content (AvgIpc) is 2.54. The van der Waals surface area contributed by atoms with Crippen LogP contribution >= 0.6 is 35.0 Å². The first-order valence-corrected chi connectivity index (χ1v) is 6.19. The quantitative estimate of drug-likeness (QED) is 0.647. The number of nitrogens with one attached hydrogen (secondary N) is 1. The van der Waals surface area contributed by atoms with Gasteiger partial charge in [-0.15, -0.1) is 0 Å². The summed E-state index contributed by atoms with van der Waals surface area (Å²) in [4.78, 5) is 7.83. The number of hydrogen-bond acceptors (Lipinski definition) is 4. The molecule has 1 atom stereocenters. The molecule has 0 radical (unpaired) electrons. The largest absolute Gasteiger partial charge is 0.366 e. The van der Waals surface area contributed by atoms with E-state index in [2.05, 4.69) is 15.3 Å². The summed E-state index contributed by atoms with van der Waals surface area (Å²) in [5, 5.41) is 3.84. The van der Waals surface area contributed by atoms with Crippen LogP contribution in [0.5, 0.6) is 0 Å². The number of nitrogens with zero attached hydrogens (tertiary/aromatic N) is 2. The monoisotopic (exact) mass is 249 g/mol. The van der Waals surface area contributed by atoms with Gasteiger partial charge in [0.15, 0.2) is 0 Å². The van der Waals surface area contributed by atoms with Crippen molar-refractivity contribution in [1.82, 2.24) is 9.97 Å². The van der Waals surface area contributed by atoms with Crippen molar-refractivity contribution in [3.05, 3.63) is 16.5 Å². The summed E-state index contributed by atoms with van der Waals surface area (Å²) < 4.78 is 0. The minimum atomic E-state index is 0.186. The van der Waals surface area contributed by atoms with Crippen LogP contribution in [0, 0.1) is 0 Å². The Balaban J connectivity index is 2.07. The summed E-state index contributed by atoms with van der Waals surface area (Å²) in [6.07, 6.45) is 1.16. The van der Waals surface area contributed by atoms with Gasteiger partial charge in [0.2, 0.25) is 5.28 Å². The van der Waals surface area contributed by atoms with Gasteiger partial charge in [-0.1, -0.05) is 11.6 Å². The molecule has 1 aromatic heterocycles. The number of thioether (sulfide) groups is 1. The fourth-order valence-corrected chi connectivity index (χ4v) is 2.88. The van der Waals surface area contributed by atoms with E-state index in [1.165, 1.54) is 5.75 Å². The summed E-state index contributed by atoms with van der Waals surface area (Å²) in [5.41, 5.74) is 0. The van der Waals surface area contributed by atoms with Gasteiger partial charge in [-0.3, -0.25) is 0 Å². The third kappa shape index (κ3) is 2.65. The molecule has 14 heavy (non-hydrogen) atoms. The molecule has 2 heterocycles. The zero-order valence-electron chi connectivity index (χ0n) is 7.33. The normalized spacial score (nSPS) is 21.1. The van der Waals surface area contributed by atoms with E-state index < -0.39 is 0 Å². The van der Waals surface area contributed by atoms with Crippen molar-refractivity contribution in [3.8, 4) is 0 Å². The van der Waals surface area contributed by atoms with Crippen LogP contribution in [0.1, 0.15) is 6.42 Å². The SMILES string of the molecule is Clc1cc(NC2CCSC2)nc(Cl)n1. The van der Waals surface area contributed by atoms with E-state index in [0.717, 1.165) is 12.2 Å². The maximum atomic E-state index is 5.75. The van der Waals surface area contributed by atoms with Gasteiger partial charge in [-0.05, 0) is 23.8 Å². The minimum absolute atomic E-state index is 0.186. The van der Waals surface area contributed by atoms with Crippen molar-refractivity contribution < 1.29 is 0 Å². The van der Waals surface area contributed by atoms with Crippen molar-refractivity contribution in [2.75, 3.05) is 16.8 Å². The molecule has 1 N–H and O–H groups in total. The number of halogens is 2. The highest BCUT2D eigenvalue weighted by molar-refractivity contribution is 7.99. The van der Waals surface area contributed by atoms with Crippen LogP contribution in [0.15, 0.2) is 6.07 Å². The molecule has 2 rings (SSSR count). The predicted molar refractivity (Wildman–Crippen MR) is 61.4 cm³/mol. The van der Waals surface area contributed by atoms with Gasteiger partial charge < -0.3 is 5.32 Å².